The molecule has 0 N–H and O–H groups in total. The molecule has 8 heteroatoms. The molecule has 2 heterocycles. The molecule has 28 heavy (non-hydrogen) atoms. The number of nitro groups is 1. The highest BCUT2D eigenvalue weighted by molar-refractivity contribution is 7.12. The molecule has 1 aliphatic heterocycles. The smallest absolute Gasteiger partial charge is 0.267 e. The predicted octanol–water partition coefficient (Wildman–Crippen LogP) is 5.30. The molecule has 6 nitrogen and oxygen atoms in total. The van der Waals surface area contributed by atoms with Crippen molar-refractivity contribution in [2.24, 2.45) is 5.10 Å². The number of amides is 1. The molecule has 140 valence electrons. The average molecular weight is 412 g/mol. The average Bonchev–Trinajstić information content (AvgIpc) is 3.38. The Hall–Kier alpha value is -3.03. The van der Waals surface area contributed by atoms with Gasteiger partial charge in [-0.3, -0.25) is 14.9 Å². The second-order valence-electron chi connectivity index (χ2n) is 6.25. The Morgan fingerprint density at radius 2 is 1.86 bits per heavy atom. The Balaban J connectivity index is 1.70. The van der Waals surface area contributed by atoms with Crippen molar-refractivity contribution in [1.82, 2.24) is 5.01 Å². The Labute approximate surface area is 169 Å². The largest absolute Gasteiger partial charge is 0.274 e. The van der Waals surface area contributed by atoms with E-state index in [0.29, 0.717) is 17.0 Å². The first-order chi connectivity index (χ1) is 13.5. The first-order valence-corrected chi connectivity index (χ1v) is 9.73. The van der Waals surface area contributed by atoms with E-state index < -0.39 is 4.92 Å². The van der Waals surface area contributed by atoms with Crippen molar-refractivity contribution in [3.05, 3.63) is 97.2 Å². The van der Waals surface area contributed by atoms with Gasteiger partial charge in [0.05, 0.1) is 21.6 Å². The number of rotatable bonds is 4. The Morgan fingerprint density at radius 1 is 1.14 bits per heavy atom. The number of carbonyl (C=O) groups is 1. The van der Waals surface area contributed by atoms with E-state index in [1.165, 1.54) is 17.1 Å². The molecule has 1 amide bonds. The molecule has 0 saturated carbocycles. The van der Waals surface area contributed by atoms with Crippen molar-refractivity contribution in [2.45, 2.75) is 12.5 Å². The van der Waals surface area contributed by atoms with Gasteiger partial charge in [-0.05, 0) is 41.3 Å². The Kier molecular flexibility index (Phi) is 4.93. The number of thiophene rings is 1. The van der Waals surface area contributed by atoms with E-state index >= 15 is 0 Å². The molecule has 4 rings (SSSR count). The van der Waals surface area contributed by atoms with Crippen LogP contribution >= 0.6 is 22.9 Å². The molecule has 1 aliphatic rings. The molecule has 0 bridgehead atoms. The van der Waals surface area contributed by atoms with E-state index in [1.807, 2.05) is 17.5 Å². The lowest BCUT2D eigenvalue weighted by Crippen LogP contribution is -2.27. The number of nitro benzene ring substituents is 1. The van der Waals surface area contributed by atoms with Crippen LogP contribution in [0.5, 0.6) is 0 Å². The van der Waals surface area contributed by atoms with Crippen LogP contribution < -0.4 is 0 Å². The third-order valence-electron chi connectivity index (χ3n) is 4.50. The minimum Gasteiger partial charge on any atom is -0.267 e. The zero-order chi connectivity index (χ0) is 19.7. The number of hydrogen-bond donors (Lipinski definition) is 0. The summed E-state index contributed by atoms with van der Waals surface area (Å²) in [5.41, 5.74) is 2.10. The summed E-state index contributed by atoms with van der Waals surface area (Å²) in [6.07, 6.45) is 0.539. The first kappa shape index (κ1) is 18.3. The highest BCUT2D eigenvalue weighted by Crippen LogP contribution is 2.35. The van der Waals surface area contributed by atoms with Crippen molar-refractivity contribution < 1.29 is 9.72 Å². The normalized spacial score (nSPS) is 16.1. The highest BCUT2D eigenvalue weighted by atomic mass is 35.5. The summed E-state index contributed by atoms with van der Waals surface area (Å²) in [5.74, 6) is -0.244. The van der Waals surface area contributed by atoms with Gasteiger partial charge in [-0.1, -0.05) is 29.8 Å². The maximum absolute atomic E-state index is 13.1. The maximum Gasteiger partial charge on any atom is 0.274 e. The van der Waals surface area contributed by atoms with Crippen LogP contribution in [0.15, 0.2) is 71.1 Å². The lowest BCUT2D eigenvalue weighted by Gasteiger charge is -2.22. The second kappa shape index (κ2) is 7.53. The fourth-order valence-corrected chi connectivity index (χ4v) is 3.94. The molecule has 0 saturated heterocycles. The summed E-state index contributed by atoms with van der Waals surface area (Å²) in [6, 6.07) is 16.5. The van der Waals surface area contributed by atoms with Crippen molar-refractivity contribution in [3.63, 3.8) is 0 Å². The maximum atomic E-state index is 13.1. The number of nitrogens with zero attached hydrogens (tertiary/aromatic N) is 3. The molecule has 0 radical (unpaired) electrons. The van der Waals surface area contributed by atoms with Crippen molar-refractivity contribution in [2.75, 3.05) is 0 Å². The molecular formula is C20H14ClN3O3S. The Morgan fingerprint density at radius 3 is 2.46 bits per heavy atom. The number of non-ortho nitro benzene ring substituents is 1. The van der Waals surface area contributed by atoms with Gasteiger partial charge < -0.3 is 0 Å². The fraction of sp³-hybridized carbons (Fsp3) is 0.100. The van der Waals surface area contributed by atoms with Gasteiger partial charge in [-0.2, -0.15) is 5.10 Å². The van der Waals surface area contributed by atoms with Crippen LogP contribution in [0.25, 0.3) is 0 Å². The van der Waals surface area contributed by atoms with Crippen molar-refractivity contribution >= 4 is 40.2 Å². The summed E-state index contributed by atoms with van der Waals surface area (Å²) in [6.45, 7) is 0. The van der Waals surface area contributed by atoms with E-state index in [9.17, 15) is 14.9 Å². The molecule has 1 atom stereocenters. The Bertz CT molecular complexity index is 1050. The number of hydrazone groups is 1. The summed E-state index contributed by atoms with van der Waals surface area (Å²) in [5, 5.41) is 19.5. The van der Waals surface area contributed by atoms with Crippen LogP contribution in [0, 0.1) is 10.1 Å². The van der Waals surface area contributed by atoms with Crippen LogP contribution in [-0.2, 0) is 0 Å². The summed E-state index contributed by atoms with van der Waals surface area (Å²) in [7, 11) is 0. The number of hydrogen-bond acceptors (Lipinski definition) is 5. The molecule has 1 aromatic heterocycles. The predicted molar refractivity (Wildman–Crippen MR) is 109 cm³/mol. The van der Waals surface area contributed by atoms with Gasteiger partial charge in [0.25, 0.3) is 11.6 Å². The topological polar surface area (TPSA) is 75.8 Å². The van der Waals surface area contributed by atoms with Gasteiger partial charge in [0.15, 0.2) is 0 Å². The zero-order valence-electron chi connectivity index (χ0n) is 14.5. The van der Waals surface area contributed by atoms with Crippen molar-refractivity contribution in [3.8, 4) is 0 Å². The van der Waals surface area contributed by atoms with Gasteiger partial charge in [0.2, 0.25) is 0 Å². The van der Waals surface area contributed by atoms with Gasteiger partial charge in [0, 0.05) is 29.1 Å². The first-order valence-electron chi connectivity index (χ1n) is 8.48. The quantitative estimate of drug-likeness (QED) is 0.431. The molecular weight excluding hydrogens is 398 g/mol. The van der Waals surface area contributed by atoms with Crippen LogP contribution in [0.4, 0.5) is 5.69 Å². The number of halogens is 1. The number of carbonyl (C=O) groups excluding carboxylic acids is 1. The van der Waals surface area contributed by atoms with E-state index in [2.05, 4.69) is 5.10 Å². The summed E-state index contributed by atoms with van der Waals surface area (Å²) in [4.78, 5) is 24.6. The lowest BCUT2D eigenvalue weighted by atomic mass is 10.0. The molecule has 0 aliphatic carbocycles. The summed E-state index contributed by atoms with van der Waals surface area (Å²) < 4.78 is 0. The van der Waals surface area contributed by atoms with E-state index in [1.54, 1.807) is 47.7 Å². The van der Waals surface area contributed by atoms with Gasteiger partial charge in [-0.25, -0.2) is 5.01 Å². The zero-order valence-corrected chi connectivity index (χ0v) is 16.1. The van der Waals surface area contributed by atoms with E-state index in [4.69, 9.17) is 11.6 Å². The van der Waals surface area contributed by atoms with Gasteiger partial charge in [-0.15, -0.1) is 11.3 Å². The van der Waals surface area contributed by atoms with Gasteiger partial charge >= 0.3 is 0 Å². The number of benzene rings is 2. The SMILES string of the molecule is O=C(c1ccc(Cl)cc1)N1N=C(c2cccs2)CC1c1ccc([N+](=O)[O-])cc1. The van der Waals surface area contributed by atoms with Crippen molar-refractivity contribution in [1.29, 1.82) is 0 Å². The van der Waals surface area contributed by atoms with Crippen LogP contribution in [0.3, 0.4) is 0 Å². The molecule has 1 unspecified atom stereocenters. The fourth-order valence-electron chi connectivity index (χ4n) is 3.09. The van der Waals surface area contributed by atoms with Crippen LogP contribution in [0.1, 0.15) is 33.3 Å². The third kappa shape index (κ3) is 3.54. The summed E-state index contributed by atoms with van der Waals surface area (Å²) >= 11 is 7.49. The van der Waals surface area contributed by atoms with Gasteiger partial charge in [0.1, 0.15) is 0 Å². The minimum absolute atomic E-state index is 0.0109. The third-order valence-corrected chi connectivity index (χ3v) is 5.67. The highest BCUT2D eigenvalue weighted by Gasteiger charge is 2.34. The molecule has 0 fully saturated rings. The standard InChI is InChI=1S/C20H14ClN3O3S/c21-15-7-3-14(4-8-15)20(25)23-18(12-17(22-23)19-2-1-11-28-19)13-5-9-16(10-6-13)24(26)27/h1-11,18H,12H2. The second-order valence-corrected chi connectivity index (χ2v) is 7.63. The lowest BCUT2D eigenvalue weighted by molar-refractivity contribution is -0.384. The van der Waals surface area contributed by atoms with E-state index in [-0.39, 0.29) is 17.6 Å². The molecule has 2 aromatic carbocycles. The van der Waals surface area contributed by atoms with E-state index in [0.717, 1.165) is 16.2 Å². The molecule has 3 aromatic rings. The molecule has 0 spiro atoms. The minimum atomic E-state index is -0.442. The van der Waals surface area contributed by atoms with Crippen LogP contribution in [0.2, 0.25) is 5.02 Å². The van der Waals surface area contributed by atoms with Crippen LogP contribution in [-0.4, -0.2) is 21.6 Å². The monoisotopic (exact) mass is 411 g/mol.